The number of carbonyl (C=O) groups is 1. The van der Waals surface area contributed by atoms with Crippen LogP contribution in [-0.4, -0.2) is 12.0 Å². The summed E-state index contributed by atoms with van der Waals surface area (Å²) in [7, 11) is 0. The van der Waals surface area contributed by atoms with Crippen molar-refractivity contribution in [3.8, 4) is 5.75 Å². The van der Waals surface area contributed by atoms with Crippen molar-refractivity contribution in [1.29, 1.82) is 0 Å². The highest BCUT2D eigenvalue weighted by Gasteiger charge is 2.20. The third-order valence-corrected chi connectivity index (χ3v) is 4.21. The molecule has 3 heteroatoms. The molecule has 0 aliphatic rings. The van der Waals surface area contributed by atoms with Crippen LogP contribution in [0.2, 0.25) is 0 Å². The van der Waals surface area contributed by atoms with Gasteiger partial charge in [-0.2, -0.15) is 0 Å². The first-order valence-electron chi connectivity index (χ1n) is 8.66. The molecule has 1 N–H and O–H groups in total. The van der Waals surface area contributed by atoms with E-state index in [4.69, 9.17) is 4.74 Å². The van der Waals surface area contributed by atoms with Crippen molar-refractivity contribution in [3.05, 3.63) is 65.2 Å². The Bertz CT molecular complexity index is 647. The zero-order chi connectivity index (χ0) is 17.5. The summed E-state index contributed by atoms with van der Waals surface area (Å²) in [5, 5.41) is 3.05. The number of hydrogen-bond donors (Lipinski definition) is 1. The Hall–Kier alpha value is -2.29. The molecule has 2 aromatic rings. The van der Waals surface area contributed by atoms with Gasteiger partial charge in [-0.1, -0.05) is 55.8 Å². The SMILES string of the molecule is CCc1ccc(O[C@@H](CC)C(=O)N[C@@H](C)c2ccc(C)cc2)cc1. The number of benzene rings is 2. The fourth-order valence-corrected chi connectivity index (χ4v) is 2.54. The summed E-state index contributed by atoms with van der Waals surface area (Å²) in [6.07, 6.45) is 1.14. The average Bonchev–Trinajstić information content (AvgIpc) is 2.60. The van der Waals surface area contributed by atoms with E-state index < -0.39 is 6.10 Å². The fourth-order valence-electron chi connectivity index (χ4n) is 2.54. The number of hydrogen-bond acceptors (Lipinski definition) is 2. The quantitative estimate of drug-likeness (QED) is 0.808. The molecule has 2 aromatic carbocycles. The molecule has 0 unspecified atom stereocenters. The van der Waals surface area contributed by atoms with E-state index in [0.29, 0.717) is 6.42 Å². The molecule has 3 nitrogen and oxygen atoms in total. The lowest BCUT2D eigenvalue weighted by atomic mass is 10.1. The van der Waals surface area contributed by atoms with Gasteiger partial charge in [-0.25, -0.2) is 0 Å². The van der Waals surface area contributed by atoms with Crippen LogP contribution in [0.5, 0.6) is 5.75 Å². The molecule has 24 heavy (non-hydrogen) atoms. The Morgan fingerprint density at radius 2 is 1.67 bits per heavy atom. The van der Waals surface area contributed by atoms with Crippen LogP contribution in [-0.2, 0) is 11.2 Å². The lowest BCUT2D eigenvalue weighted by Gasteiger charge is -2.21. The van der Waals surface area contributed by atoms with E-state index in [1.165, 1.54) is 11.1 Å². The Labute approximate surface area is 145 Å². The van der Waals surface area contributed by atoms with Gasteiger partial charge in [-0.05, 0) is 49.9 Å². The number of ether oxygens (including phenoxy) is 1. The maximum atomic E-state index is 12.5. The highest BCUT2D eigenvalue weighted by atomic mass is 16.5. The smallest absolute Gasteiger partial charge is 0.261 e. The summed E-state index contributed by atoms with van der Waals surface area (Å²) in [6, 6.07) is 16.1. The van der Waals surface area contributed by atoms with Crippen LogP contribution < -0.4 is 10.1 Å². The van der Waals surface area contributed by atoms with Gasteiger partial charge in [0, 0.05) is 0 Å². The molecule has 0 saturated carbocycles. The van der Waals surface area contributed by atoms with Crippen molar-refractivity contribution in [3.63, 3.8) is 0 Å². The van der Waals surface area contributed by atoms with E-state index in [0.717, 1.165) is 17.7 Å². The summed E-state index contributed by atoms with van der Waals surface area (Å²) in [5.41, 5.74) is 3.56. The molecule has 128 valence electrons. The van der Waals surface area contributed by atoms with Crippen molar-refractivity contribution >= 4 is 5.91 Å². The van der Waals surface area contributed by atoms with Crippen LogP contribution in [0.3, 0.4) is 0 Å². The molecule has 0 spiro atoms. The number of amides is 1. The largest absolute Gasteiger partial charge is 0.481 e. The van der Waals surface area contributed by atoms with E-state index in [1.807, 2.05) is 50.2 Å². The van der Waals surface area contributed by atoms with Crippen molar-refractivity contribution in [2.75, 3.05) is 0 Å². The number of aryl methyl sites for hydroxylation is 2. The molecule has 0 fully saturated rings. The van der Waals surface area contributed by atoms with Gasteiger partial charge in [-0.15, -0.1) is 0 Å². The lowest BCUT2D eigenvalue weighted by molar-refractivity contribution is -0.128. The third kappa shape index (κ3) is 4.85. The lowest BCUT2D eigenvalue weighted by Crippen LogP contribution is -2.39. The van der Waals surface area contributed by atoms with Gasteiger partial charge >= 0.3 is 0 Å². The van der Waals surface area contributed by atoms with Crippen LogP contribution in [0, 0.1) is 6.92 Å². The van der Waals surface area contributed by atoms with E-state index >= 15 is 0 Å². The van der Waals surface area contributed by atoms with Gasteiger partial charge in [0.15, 0.2) is 6.10 Å². The number of carbonyl (C=O) groups excluding carboxylic acids is 1. The molecular weight excluding hydrogens is 298 g/mol. The molecule has 0 bridgehead atoms. The topological polar surface area (TPSA) is 38.3 Å². The van der Waals surface area contributed by atoms with Crippen molar-refractivity contribution in [1.82, 2.24) is 5.32 Å². The van der Waals surface area contributed by atoms with Crippen LogP contribution in [0.25, 0.3) is 0 Å². The number of rotatable bonds is 7. The Kier molecular flexibility index (Phi) is 6.42. The maximum Gasteiger partial charge on any atom is 0.261 e. The Morgan fingerprint density at radius 1 is 1.04 bits per heavy atom. The third-order valence-electron chi connectivity index (χ3n) is 4.21. The van der Waals surface area contributed by atoms with Gasteiger partial charge in [0.25, 0.3) is 5.91 Å². The first-order chi connectivity index (χ1) is 11.5. The standard InChI is InChI=1S/C21H27NO2/c1-5-17-9-13-19(14-10-17)24-20(6-2)21(23)22-16(4)18-11-7-15(3)8-12-18/h7-14,16,20H,5-6H2,1-4H3,(H,22,23)/t16-,20-/m0/s1. The van der Waals surface area contributed by atoms with Crippen molar-refractivity contribution in [2.24, 2.45) is 0 Å². The highest BCUT2D eigenvalue weighted by molar-refractivity contribution is 5.81. The molecule has 0 aliphatic carbocycles. The van der Waals surface area contributed by atoms with Crippen molar-refractivity contribution < 1.29 is 9.53 Å². The molecule has 1 amide bonds. The molecule has 0 saturated heterocycles. The second kappa shape index (κ2) is 8.53. The molecule has 0 heterocycles. The first kappa shape index (κ1) is 18.1. The second-order valence-corrected chi connectivity index (χ2v) is 6.15. The zero-order valence-corrected chi connectivity index (χ0v) is 15.0. The summed E-state index contributed by atoms with van der Waals surface area (Å²) in [4.78, 5) is 12.5. The Balaban J connectivity index is 1.98. The summed E-state index contributed by atoms with van der Waals surface area (Å²) >= 11 is 0. The Morgan fingerprint density at radius 3 is 2.21 bits per heavy atom. The fraction of sp³-hybridized carbons (Fsp3) is 0.381. The molecule has 2 atom stereocenters. The molecule has 0 aliphatic heterocycles. The van der Waals surface area contributed by atoms with Crippen LogP contribution >= 0.6 is 0 Å². The van der Waals surface area contributed by atoms with E-state index in [2.05, 4.69) is 31.3 Å². The molecule has 0 aromatic heterocycles. The van der Waals surface area contributed by atoms with Gasteiger partial charge in [0.1, 0.15) is 5.75 Å². The first-order valence-corrected chi connectivity index (χ1v) is 8.66. The van der Waals surface area contributed by atoms with Crippen molar-refractivity contribution in [2.45, 2.75) is 52.7 Å². The van der Waals surface area contributed by atoms with Gasteiger partial charge in [0.05, 0.1) is 6.04 Å². The minimum atomic E-state index is -0.481. The molecule has 0 radical (unpaired) electrons. The average molecular weight is 325 g/mol. The summed E-state index contributed by atoms with van der Waals surface area (Å²) in [6.45, 7) is 8.12. The van der Waals surface area contributed by atoms with E-state index in [-0.39, 0.29) is 11.9 Å². The van der Waals surface area contributed by atoms with Gasteiger partial charge < -0.3 is 10.1 Å². The summed E-state index contributed by atoms with van der Waals surface area (Å²) < 4.78 is 5.87. The maximum absolute atomic E-state index is 12.5. The van der Waals surface area contributed by atoms with Gasteiger partial charge in [0.2, 0.25) is 0 Å². The molecular formula is C21H27NO2. The van der Waals surface area contributed by atoms with E-state index in [9.17, 15) is 4.79 Å². The highest BCUT2D eigenvalue weighted by Crippen LogP contribution is 2.17. The summed E-state index contributed by atoms with van der Waals surface area (Å²) in [5.74, 6) is 0.655. The normalized spacial score (nSPS) is 13.2. The van der Waals surface area contributed by atoms with Gasteiger partial charge in [-0.3, -0.25) is 4.79 Å². The van der Waals surface area contributed by atoms with Crippen LogP contribution in [0.4, 0.5) is 0 Å². The minimum Gasteiger partial charge on any atom is -0.481 e. The van der Waals surface area contributed by atoms with Crippen LogP contribution in [0.1, 0.15) is 49.9 Å². The molecule has 2 rings (SSSR count). The van der Waals surface area contributed by atoms with E-state index in [1.54, 1.807) is 0 Å². The predicted molar refractivity (Wildman–Crippen MR) is 98.3 cm³/mol. The zero-order valence-electron chi connectivity index (χ0n) is 15.0. The van der Waals surface area contributed by atoms with Crippen LogP contribution in [0.15, 0.2) is 48.5 Å². The monoisotopic (exact) mass is 325 g/mol. The minimum absolute atomic E-state index is 0.0433. The second-order valence-electron chi connectivity index (χ2n) is 6.15. The predicted octanol–water partition coefficient (Wildman–Crippen LogP) is 4.59. The number of nitrogens with one attached hydrogen (secondary N) is 1.